The van der Waals surface area contributed by atoms with Crippen molar-refractivity contribution in [1.82, 2.24) is 0 Å². The first-order chi connectivity index (χ1) is 13.6. The van der Waals surface area contributed by atoms with Gasteiger partial charge in [0.15, 0.2) is 15.9 Å². The lowest BCUT2D eigenvalue weighted by atomic mass is 10.2. The van der Waals surface area contributed by atoms with E-state index in [0.717, 1.165) is 0 Å². The summed E-state index contributed by atoms with van der Waals surface area (Å²) in [5.41, 5.74) is 0.901. The van der Waals surface area contributed by atoms with Gasteiger partial charge in [0.1, 0.15) is 0 Å². The number of hydrogen-bond donors (Lipinski definition) is 2. The van der Waals surface area contributed by atoms with E-state index < -0.39 is 27.8 Å². The first-order valence-electron chi connectivity index (χ1n) is 8.85. The van der Waals surface area contributed by atoms with Crippen LogP contribution in [0, 0.1) is 0 Å². The molecule has 9 heteroatoms. The standard InChI is InChI=1S/C20H22N2O6S/c1-4-29(26,27)18-8-6-5-7-17(18)20(25)28-13(2)19(24)22-16-11-9-15(10-12-16)21-14(3)23/h5-13H,4H2,1-3H3,(H,21,23)(H,22,24)/t13-/m0/s1. The maximum Gasteiger partial charge on any atom is 0.340 e. The fourth-order valence-electron chi connectivity index (χ4n) is 2.42. The molecular weight excluding hydrogens is 396 g/mol. The van der Waals surface area contributed by atoms with Crippen molar-refractivity contribution in [3.8, 4) is 0 Å². The first kappa shape index (κ1) is 22.1. The molecule has 2 amide bonds. The summed E-state index contributed by atoms with van der Waals surface area (Å²) in [6.45, 7) is 4.25. The average molecular weight is 418 g/mol. The van der Waals surface area contributed by atoms with Gasteiger partial charge in [-0.2, -0.15) is 0 Å². The Kier molecular flexibility index (Phi) is 7.11. The summed E-state index contributed by atoms with van der Waals surface area (Å²) in [7, 11) is -3.62. The quantitative estimate of drug-likeness (QED) is 0.667. The number of esters is 1. The van der Waals surface area contributed by atoms with Crippen LogP contribution in [0.3, 0.4) is 0 Å². The average Bonchev–Trinajstić information content (AvgIpc) is 2.69. The topological polar surface area (TPSA) is 119 Å². The summed E-state index contributed by atoms with van der Waals surface area (Å²) >= 11 is 0. The van der Waals surface area contributed by atoms with Crippen molar-refractivity contribution in [3.05, 3.63) is 54.1 Å². The second kappa shape index (κ2) is 9.33. The van der Waals surface area contributed by atoms with Gasteiger partial charge in [-0.3, -0.25) is 9.59 Å². The number of hydrogen-bond acceptors (Lipinski definition) is 6. The molecule has 0 fully saturated rings. The molecule has 0 bridgehead atoms. The van der Waals surface area contributed by atoms with Crippen LogP contribution in [-0.4, -0.2) is 38.1 Å². The predicted octanol–water partition coefficient (Wildman–Crippen LogP) is 2.62. The number of carbonyl (C=O) groups is 3. The minimum absolute atomic E-state index is 0.117. The summed E-state index contributed by atoms with van der Waals surface area (Å²) in [4.78, 5) is 35.6. The SMILES string of the molecule is CCS(=O)(=O)c1ccccc1C(=O)O[C@@H](C)C(=O)Nc1ccc(NC(C)=O)cc1. The largest absolute Gasteiger partial charge is 0.449 e. The van der Waals surface area contributed by atoms with E-state index in [-0.39, 0.29) is 22.1 Å². The van der Waals surface area contributed by atoms with Gasteiger partial charge in [0.05, 0.1) is 16.2 Å². The fraction of sp³-hybridized carbons (Fsp3) is 0.250. The van der Waals surface area contributed by atoms with Gasteiger partial charge < -0.3 is 15.4 Å². The third kappa shape index (κ3) is 5.89. The number of anilines is 2. The molecule has 0 saturated heterocycles. The van der Waals surface area contributed by atoms with Gasteiger partial charge in [0, 0.05) is 18.3 Å². The molecule has 0 aliphatic carbocycles. The van der Waals surface area contributed by atoms with Gasteiger partial charge in [-0.15, -0.1) is 0 Å². The van der Waals surface area contributed by atoms with Gasteiger partial charge in [0.25, 0.3) is 5.91 Å². The van der Waals surface area contributed by atoms with Crippen molar-refractivity contribution in [2.45, 2.75) is 31.8 Å². The van der Waals surface area contributed by atoms with Crippen LogP contribution in [0.5, 0.6) is 0 Å². The van der Waals surface area contributed by atoms with Crippen molar-refractivity contribution in [3.63, 3.8) is 0 Å². The van der Waals surface area contributed by atoms with E-state index >= 15 is 0 Å². The fourth-order valence-corrected chi connectivity index (χ4v) is 3.51. The number of nitrogens with one attached hydrogen (secondary N) is 2. The van der Waals surface area contributed by atoms with Crippen molar-refractivity contribution in [2.24, 2.45) is 0 Å². The molecule has 0 aliphatic heterocycles. The second-order valence-corrected chi connectivity index (χ2v) is 8.44. The van der Waals surface area contributed by atoms with Crippen molar-refractivity contribution >= 4 is 39.0 Å². The highest BCUT2D eigenvalue weighted by molar-refractivity contribution is 7.91. The summed E-state index contributed by atoms with van der Waals surface area (Å²) in [6, 6.07) is 12.1. The van der Waals surface area contributed by atoms with E-state index in [9.17, 15) is 22.8 Å². The molecule has 0 radical (unpaired) electrons. The number of sulfone groups is 1. The normalized spacial score (nSPS) is 12.0. The molecule has 0 heterocycles. The maximum atomic E-state index is 12.4. The molecule has 2 N–H and O–H groups in total. The van der Waals surface area contributed by atoms with Gasteiger partial charge in [-0.1, -0.05) is 19.1 Å². The first-order valence-corrected chi connectivity index (χ1v) is 10.5. The third-order valence-electron chi connectivity index (χ3n) is 3.95. The zero-order valence-corrected chi connectivity index (χ0v) is 17.1. The minimum Gasteiger partial charge on any atom is -0.449 e. The van der Waals surface area contributed by atoms with Crippen molar-refractivity contribution < 1.29 is 27.5 Å². The molecule has 0 unspecified atom stereocenters. The molecule has 0 aliphatic rings. The molecule has 2 rings (SSSR count). The van der Waals surface area contributed by atoms with Gasteiger partial charge in [-0.05, 0) is 43.3 Å². The summed E-state index contributed by atoms with van der Waals surface area (Å²) < 4.78 is 29.5. The summed E-state index contributed by atoms with van der Waals surface area (Å²) in [6.07, 6.45) is -1.16. The summed E-state index contributed by atoms with van der Waals surface area (Å²) in [5.74, 6) is -1.86. The maximum absolute atomic E-state index is 12.4. The molecule has 2 aromatic carbocycles. The molecule has 0 spiro atoms. The second-order valence-electron chi connectivity index (χ2n) is 6.19. The zero-order valence-electron chi connectivity index (χ0n) is 16.3. The summed E-state index contributed by atoms with van der Waals surface area (Å²) in [5, 5.41) is 5.19. The van der Waals surface area contributed by atoms with E-state index in [1.165, 1.54) is 45.0 Å². The Morgan fingerprint density at radius 3 is 2.07 bits per heavy atom. The number of amides is 2. The zero-order chi connectivity index (χ0) is 21.6. The Labute approximate surface area is 169 Å². The van der Waals surface area contributed by atoms with Crippen molar-refractivity contribution in [2.75, 3.05) is 16.4 Å². The van der Waals surface area contributed by atoms with Crippen LogP contribution in [0.15, 0.2) is 53.4 Å². The molecule has 154 valence electrons. The number of rotatable bonds is 7. The third-order valence-corrected chi connectivity index (χ3v) is 5.73. The van der Waals surface area contributed by atoms with Gasteiger partial charge in [-0.25, -0.2) is 13.2 Å². The van der Waals surface area contributed by atoms with E-state index in [4.69, 9.17) is 4.74 Å². The molecule has 29 heavy (non-hydrogen) atoms. The van der Waals surface area contributed by atoms with Crippen LogP contribution in [0.1, 0.15) is 31.1 Å². The van der Waals surface area contributed by atoms with E-state index in [1.807, 2.05) is 0 Å². The Morgan fingerprint density at radius 2 is 1.52 bits per heavy atom. The minimum atomic E-state index is -3.62. The number of benzene rings is 2. The van der Waals surface area contributed by atoms with E-state index in [0.29, 0.717) is 11.4 Å². The van der Waals surface area contributed by atoms with Crippen LogP contribution in [0.25, 0.3) is 0 Å². The molecule has 8 nitrogen and oxygen atoms in total. The Morgan fingerprint density at radius 1 is 0.966 bits per heavy atom. The lowest BCUT2D eigenvalue weighted by Crippen LogP contribution is -2.30. The lowest BCUT2D eigenvalue weighted by molar-refractivity contribution is -0.123. The van der Waals surface area contributed by atoms with E-state index in [1.54, 1.807) is 24.3 Å². The molecule has 0 aromatic heterocycles. The number of ether oxygens (including phenoxy) is 1. The highest BCUT2D eigenvalue weighted by atomic mass is 32.2. The molecule has 2 aromatic rings. The van der Waals surface area contributed by atoms with Gasteiger partial charge >= 0.3 is 5.97 Å². The van der Waals surface area contributed by atoms with Crippen LogP contribution >= 0.6 is 0 Å². The Hall–Kier alpha value is -3.20. The van der Waals surface area contributed by atoms with E-state index in [2.05, 4.69) is 10.6 Å². The highest BCUT2D eigenvalue weighted by Gasteiger charge is 2.25. The molecule has 0 saturated carbocycles. The van der Waals surface area contributed by atoms with Crippen LogP contribution in [0.2, 0.25) is 0 Å². The predicted molar refractivity (Wildman–Crippen MR) is 108 cm³/mol. The smallest absolute Gasteiger partial charge is 0.340 e. The van der Waals surface area contributed by atoms with Crippen LogP contribution < -0.4 is 10.6 Å². The number of carbonyl (C=O) groups excluding carboxylic acids is 3. The highest BCUT2D eigenvalue weighted by Crippen LogP contribution is 2.19. The lowest BCUT2D eigenvalue weighted by Gasteiger charge is -2.15. The Balaban J connectivity index is 2.07. The molecule has 1 atom stereocenters. The monoisotopic (exact) mass is 418 g/mol. The Bertz CT molecular complexity index is 1020. The van der Waals surface area contributed by atoms with Gasteiger partial charge in [0.2, 0.25) is 5.91 Å². The van der Waals surface area contributed by atoms with Crippen molar-refractivity contribution in [1.29, 1.82) is 0 Å². The molecular formula is C20H22N2O6S. The van der Waals surface area contributed by atoms with Crippen LogP contribution in [-0.2, 0) is 24.2 Å². The van der Waals surface area contributed by atoms with Crippen LogP contribution in [0.4, 0.5) is 11.4 Å².